The zero-order valence-electron chi connectivity index (χ0n) is 9.01. The normalized spacial score (nSPS) is 18.4. The standard InChI is InChI=1S/C12H22O/c1-3-10(4-2)9-12(13)11-7-5-6-8-11/h10-11H,3-9H2,1-2H3. The van der Waals surface area contributed by atoms with Crippen molar-refractivity contribution >= 4 is 5.78 Å². The predicted molar refractivity (Wildman–Crippen MR) is 55.7 cm³/mol. The largest absolute Gasteiger partial charge is 0.299 e. The Hall–Kier alpha value is -0.330. The second kappa shape index (κ2) is 5.41. The smallest absolute Gasteiger partial charge is 0.136 e. The Morgan fingerprint density at radius 2 is 1.77 bits per heavy atom. The van der Waals surface area contributed by atoms with Crippen LogP contribution in [-0.4, -0.2) is 5.78 Å². The summed E-state index contributed by atoms with van der Waals surface area (Å²) >= 11 is 0. The first kappa shape index (κ1) is 10.7. The van der Waals surface area contributed by atoms with Crippen LogP contribution >= 0.6 is 0 Å². The molecule has 0 unspecified atom stereocenters. The van der Waals surface area contributed by atoms with E-state index in [0.717, 1.165) is 19.3 Å². The van der Waals surface area contributed by atoms with E-state index in [0.29, 0.717) is 17.6 Å². The molecule has 0 radical (unpaired) electrons. The van der Waals surface area contributed by atoms with E-state index in [1.165, 1.54) is 25.7 Å². The molecule has 1 rings (SSSR count). The molecule has 0 aliphatic heterocycles. The quantitative estimate of drug-likeness (QED) is 0.635. The molecule has 1 saturated carbocycles. The predicted octanol–water partition coefficient (Wildman–Crippen LogP) is 3.57. The Kier molecular flexibility index (Phi) is 4.47. The van der Waals surface area contributed by atoms with Gasteiger partial charge in [0.05, 0.1) is 0 Å². The first-order chi connectivity index (χ1) is 6.27. The van der Waals surface area contributed by atoms with E-state index in [1.807, 2.05) is 0 Å². The lowest BCUT2D eigenvalue weighted by atomic mass is 9.90. The minimum atomic E-state index is 0.431. The highest BCUT2D eigenvalue weighted by Gasteiger charge is 2.23. The molecule has 0 bridgehead atoms. The maximum absolute atomic E-state index is 11.8. The number of hydrogen-bond acceptors (Lipinski definition) is 1. The van der Waals surface area contributed by atoms with Crippen molar-refractivity contribution in [2.75, 3.05) is 0 Å². The monoisotopic (exact) mass is 182 g/mol. The number of ketones is 1. The molecule has 0 aromatic rings. The molecule has 0 spiro atoms. The maximum atomic E-state index is 11.8. The fourth-order valence-corrected chi connectivity index (χ4v) is 2.28. The fraction of sp³-hybridized carbons (Fsp3) is 0.917. The lowest BCUT2D eigenvalue weighted by Gasteiger charge is -2.14. The Morgan fingerprint density at radius 1 is 1.23 bits per heavy atom. The molecule has 0 N–H and O–H groups in total. The second-order valence-electron chi connectivity index (χ2n) is 4.33. The zero-order valence-corrected chi connectivity index (χ0v) is 9.01. The van der Waals surface area contributed by atoms with Crippen LogP contribution in [0.5, 0.6) is 0 Å². The highest BCUT2D eigenvalue weighted by atomic mass is 16.1. The molecule has 1 fully saturated rings. The lowest BCUT2D eigenvalue weighted by Crippen LogP contribution is -2.14. The third-order valence-corrected chi connectivity index (χ3v) is 3.46. The molecule has 13 heavy (non-hydrogen) atoms. The van der Waals surface area contributed by atoms with Crippen molar-refractivity contribution in [3.05, 3.63) is 0 Å². The molecule has 0 saturated heterocycles. The van der Waals surface area contributed by atoms with Gasteiger partial charge in [0.25, 0.3) is 0 Å². The summed E-state index contributed by atoms with van der Waals surface area (Å²) < 4.78 is 0. The molecule has 1 nitrogen and oxygen atoms in total. The molecular weight excluding hydrogens is 160 g/mol. The fourth-order valence-electron chi connectivity index (χ4n) is 2.28. The summed E-state index contributed by atoms with van der Waals surface area (Å²) in [4.78, 5) is 11.8. The highest BCUT2D eigenvalue weighted by molar-refractivity contribution is 5.81. The Bertz CT molecular complexity index is 153. The Labute approximate surface area is 81.9 Å². The summed E-state index contributed by atoms with van der Waals surface area (Å²) in [5.74, 6) is 1.62. The van der Waals surface area contributed by atoms with Crippen LogP contribution in [0.25, 0.3) is 0 Å². The molecule has 1 aliphatic rings. The van der Waals surface area contributed by atoms with Gasteiger partial charge in [-0.3, -0.25) is 4.79 Å². The number of carbonyl (C=O) groups excluding carboxylic acids is 1. The van der Waals surface area contributed by atoms with Crippen LogP contribution in [0.2, 0.25) is 0 Å². The maximum Gasteiger partial charge on any atom is 0.136 e. The molecule has 1 heteroatoms. The van der Waals surface area contributed by atoms with Crippen molar-refractivity contribution < 1.29 is 4.79 Å². The minimum Gasteiger partial charge on any atom is -0.299 e. The second-order valence-corrected chi connectivity index (χ2v) is 4.33. The van der Waals surface area contributed by atoms with Gasteiger partial charge in [-0.2, -0.15) is 0 Å². The third-order valence-electron chi connectivity index (χ3n) is 3.46. The number of hydrogen-bond donors (Lipinski definition) is 0. The molecule has 0 aromatic heterocycles. The summed E-state index contributed by atoms with van der Waals surface area (Å²) in [5, 5.41) is 0. The van der Waals surface area contributed by atoms with E-state index in [-0.39, 0.29) is 0 Å². The Morgan fingerprint density at radius 3 is 2.23 bits per heavy atom. The Balaban J connectivity index is 2.30. The van der Waals surface area contributed by atoms with Crippen molar-refractivity contribution in [1.82, 2.24) is 0 Å². The first-order valence-corrected chi connectivity index (χ1v) is 5.80. The first-order valence-electron chi connectivity index (χ1n) is 5.80. The van der Waals surface area contributed by atoms with Gasteiger partial charge in [0.2, 0.25) is 0 Å². The van der Waals surface area contributed by atoms with Crippen molar-refractivity contribution in [3.63, 3.8) is 0 Å². The van der Waals surface area contributed by atoms with Gasteiger partial charge < -0.3 is 0 Å². The van der Waals surface area contributed by atoms with E-state index in [9.17, 15) is 4.79 Å². The van der Waals surface area contributed by atoms with Gasteiger partial charge in [0.15, 0.2) is 0 Å². The average Bonchev–Trinajstić information content (AvgIpc) is 2.66. The van der Waals surface area contributed by atoms with Crippen LogP contribution < -0.4 is 0 Å². The van der Waals surface area contributed by atoms with Gasteiger partial charge in [-0.1, -0.05) is 39.5 Å². The molecule has 0 aromatic carbocycles. The van der Waals surface area contributed by atoms with E-state index < -0.39 is 0 Å². The van der Waals surface area contributed by atoms with Gasteiger partial charge in [-0.05, 0) is 18.8 Å². The van der Waals surface area contributed by atoms with E-state index >= 15 is 0 Å². The average molecular weight is 182 g/mol. The van der Waals surface area contributed by atoms with Crippen molar-refractivity contribution in [2.45, 2.75) is 58.8 Å². The van der Waals surface area contributed by atoms with Gasteiger partial charge in [0.1, 0.15) is 5.78 Å². The number of carbonyl (C=O) groups is 1. The summed E-state index contributed by atoms with van der Waals surface area (Å²) in [7, 11) is 0. The third kappa shape index (κ3) is 3.13. The summed E-state index contributed by atoms with van der Waals surface area (Å²) in [5.41, 5.74) is 0. The SMILES string of the molecule is CCC(CC)CC(=O)C1CCCC1. The molecule has 0 amide bonds. The van der Waals surface area contributed by atoms with Crippen LogP contribution in [0, 0.1) is 11.8 Å². The van der Waals surface area contributed by atoms with Crippen LogP contribution in [0.4, 0.5) is 0 Å². The highest BCUT2D eigenvalue weighted by Crippen LogP contribution is 2.28. The van der Waals surface area contributed by atoms with Gasteiger partial charge in [-0.25, -0.2) is 0 Å². The number of Topliss-reactive ketones (excluding diaryl/α,β-unsaturated/α-hetero) is 1. The molecule has 1 aliphatic carbocycles. The van der Waals surface area contributed by atoms with Crippen LogP contribution in [-0.2, 0) is 4.79 Å². The minimum absolute atomic E-state index is 0.431. The van der Waals surface area contributed by atoms with E-state index in [2.05, 4.69) is 13.8 Å². The van der Waals surface area contributed by atoms with Crippen LogP contribution in [0.15, 0.2) is 0 Å². The van der Waals surface area contributed by atoms with E-state index in [4.69, 9.17) is 0 Å². The summed E-state index contributed by atoms with van der Waals surface area (Å²) in [6, 6.07) is 0. The topological polar surface area (TPSA) is 17.1 Å². The molecule has 0 atom stereocenters. The molecule has 0 heterocycles. The van der Waals surface area contributed by atoms with Crippen molar-refractivity contribution in [3.8, 4) is 0 Å². The molecule has 76 valence electrons. The lowest BCUT2D eigenvalue weighted by molar-refractivity contribution is -0.123. The summed E-state index contributed by atoms with van der Waals surface area (Å²) in [6.45, 7) is 4.38. The van der Waals surface area contributed by atoms with Crippen LogP contribution in [0.1, 0.15) is 58.8 Å². The van der Waals surface area contributed by atoms with Gasteiger partial charge >= 0.3 is 0 Å². The number of rotatable bonds is 5. The molecular formula is C12H22O. The van der Waals surface area contributed by atoms with Gasteiger partial charge in [0, 0.05) is 12.3 Å². The van der Waals surface area contributed by atoms with Crippen molar-refractivity contribution in [1.29, 1.82) is 0 Å². The van der Waals surface area contributed by atoms with Crippen LogP contribution in [0.3, 0.4) is 0 Å². The zero-order chi connectivity index (χ0) is 9.68. The van der Waals surface area contributed by atoms with Gasteiger partial charge in [-0.15, -0.1) is 0 Å². The van der Waals surface area contributed by atoms with Crippen molar-refractivity contribution in [2.24, 2.45) is 11.8 Å². The summed E-state index contributed by atoms with van der Waals surface area (Å²) in [6.07, 6.45) is 8.05. The van der Waals surface area contributed by atoms with E-state index in [1.54, 1.807) is 0 Å².